The third kappa shape index (κ3) is 6.08. The zero-order valence-corrected chi connectivity index (χ0v) is 5.74. The minimum Gasteiger partial charge on any atom is -0.261 e. The Kier molecular flexibility index (Phi) is 4.29. The average Bonchev–Trinajstić information content (AvgIpc) is 1.61. The van der Waals surface area contributed by atoms with Crippen LogP contribution in [0.4, 0.5) is 0 Å². The van der Waals surface area contributed by atoms with E-state index in [2.05, 4.69) is 29.6 Å². The van der Waals surface area contributed by atoms with Crippen LogP contribution in [0.1, 0.15) is 0 Å². The first-order valence-electron chi connectivity index (χ1n) is 1.31. The van der Waals surface area contributed by atoms with Gasteiger partial charge in [-0.25, -0.2) is 0 Å². The van der Waals surface area contributed by atoms with Crippen LogP contribution in [-0.4, -0.2) is 3.53 Å². The third-order valence-corrected chi connectivity index (χ3v) is 1.08. The van der Waals surface area contributed by atoms with Gasteiger partial charge in [-0.3, -0.25) is 4.72 Å². The minimum atomic E-state index is 0.418. The summed E-state index contributed by atoms with van der Waals surface area (Å²) in [6.07, 6.45) is 1.68. The van der Waals surface area contributed by atoms with Crippen LogP contribution in [-0.2, 0) is 0 Å². The number of thiol groups is 1. The van der Waals surface area contributed by atoms with Crippen molar-refractivity contribution in [2.45, 2.75) is 0 Å². The van der Waals surface area contributed by atoms with Gasteiger partial charge in [0.2, 0.25) is 0 Å². The van der Waals surface area contributed by atoms with Gasteiger partial charge in [0.15, 0.2) is 6.19 Å². The molecule has 0 aromatic rings. The second-order valence-electron chi connectivity index (χ2n) is 0.582. The zero-order valence-electron chi connectivity index (χ0n) is 3.21. The Hall–Kier alpha value is 0.0800. The lowest BCUT2D eigenvalue weighted by Crippen LogP contribution is -1.91. The molecule has 0 saturated heterocycles. The highest BCUT2D eigenvalue weighted by molar-refractivity contribution is 8.40. The fourth-order valence-corrected chi connectivity index (χ4v) is 0.461. The maximum Gasteiger partial charge on any atom is 0.187 e. The normalized spacial score (nSPS) is 6.86. The summed E-state index contributed by atoms with van der Waals surface area (Å²) >= 11 is 9.20. The molecule has 0 spiro atoms. The molecular formula is C2H2N2S3. The standard InChI is InChI=1S/C2H2N2S3/c3-1-4-7-2(5)6/h4H,(H,5,6). The van der Waals surface area contributed by atoms with Crippen molar-refractivity contribution in [1.82, 2.24) is 4.72 Å². The van der Waals surface area contributed by atoms with Crippen molar-refractivity contribution in [3.63, 3.8) is 0 Å². The van der Waals surface area contributed by atoms with Crippen molar-refractivity contribution in [3.8, 4) is 6.19 Å². The number of nitrogens with zero attached hydrogens (tertiary/aromatic N) is 1. The van der Waals surface area contributed by atoms with E-state index in [1.54, 1.807) is 6.19 Å². The van der Waals surface area contributed by atoms with Gasteiger partial charge in [0.25, 0.3) is 0 Å². The summed E-state index contributed by atoms with van der Waals surface area (Å²) in [6.45, 7) is 0. The van der Waals surface area contributed by atoms with Gasteiger partial charge in [-0.2, -0.15) is 5.26 Å². The van der Waals surface area contributed by atoms with Gasteiger partial charge < -0.3 is 0 Å². The van der Waals surface area contributed by atoms with E-state index in [0.29, 0.717) is 3.53 Å². The van der Waals surface area contributed by atoms with E-state index < -0.39 is 0 Å². The van der Waals surface area contributed by atoms with Crippen LogP contribution in [0.5, 0.6) is 0 Å². The van der Waals surface area contributed by atoms with Crippen molar-refractivity contribution in [2.75, 3.05) is 0 Å². The number of rotatable bonds is 1. The summed E-state index contributed by atoms with van der Waals surface area (Å²) in [6, 6.07) is 0. The van der Waals surface area contributed by atoms with Gasteiger partial charge in [0, 0.05) is 11.9 Å². The number of hydrogen-bond donors (Lipinski definition) is 2. The number of nitriles is 1. The Bertz CT molecular complexity index is 104. The number of nitrogens with one attached hydrogen (secondary N) is 1. The molecule has 0 aromatic heterocycles. The van der Waals surface area contributed by atoms with Crippen LogP contribution >= 0.6 is 36.8 Å². The van der Waals surface area contributed by atoms with E-state index in [1.165, 1.54) is 0 Å². The summed E-state index contributed by atoms with van der Waals surface area (Å²) < 4.78 is 2.67. The van der Waals surface area contributed by atoms with Gasteiger partial charge in [0.05, 0.1) is 0 Å². The van der Waals surface area contributed by atoms with Crippen molar-refractivity contribution < 1.29 is 0 Å². The highest BCUT2D eigenvalue weighted by Crippen LogP contribution is 1.99. The predicted molar refractivity (Wildman–Crippen MR) is 37.9 cm³/mol. The van der Waals surface area contributed by atoms with E-state index >= 15 is 0 Å². The molecule has 0 atom stereocenters. The lowest BCUT2D eigenvalue weighted by atomic mass is 11.5. The van der Waals surface area contributed by atoms with Crippen LogP contribution in [0, 0.1) is 11.5 Å². The minimum absolute atomic E-state index is 0.418. The van der Waals surface area contributed by atoms with Crippen molar-refractivity contribution >= 4 is 40.3 Å². The van der Waals surface area contributed by atoms with Crippen LogP contribution in [0.15, 0.2) is 0 Å². The summed E-state index contributed by atoms with van der Waals surface area (Å²) in [5.41, 5.74) is 0. The predicted octanol–water partition coefficient (Wildman–Crippen LogP) is 0.920. The first kappa shape index (κ1) is 7.08. The SMILES string of the molecule is N#CNSC(=S)S. The van der Waals surface area contributed by atoms with Gasteiger partial charge in [-0.1, -0.05) is 12.2 Å². The van der Waals surface area contributed by atoms with E-state index in [0.717, 1.165) is 11.9 Å². The van der Waals surface area contributed by atoms with Gasteiger partial charge in [-0.15, -0.1) is 12.6 Å². The Balaban J connectivity index is 3.02. The molecule has 0 heterocycles. The van der Waals surface area contributed by atoms with Gasteiger partial charge >= 0.3 is 0 Å². The molecule has 0 aliphatic rings. The molecule has 0 radical (unpaired) electrons. The molecular weight excluding hydrogens is 148 g/mol. The highest BCUT2D eigenvalue weighted by Gasteiger charge is 1.82. The Morgan fingerprint density at radius 3 is 2.71 bits per heavy atom. The fourth-order valence-electron chi connectivity index (χ4n) is 0.0665. The highest BCUT2D eigenvalue weighted by atomic mass is 32.2. The second kappa shape index (κ2) is 4.24. The maximum absolute atomic E-state index is 7.84. The zero-order chi connectivity index (χ0) is 5.70. The fraction of sp³-hybridized carbons (Fsp3) is 0. The number of hydrogen-bond acceptors (Lipinski definition) is 4. The van der Waals surface area contributed by atoms with Crippen molar-refractivity contribution in [3.05, 3.63) is 0 Å². The summed E-state index contributed by atoms with van der Waals surface area (Å²) in [5.74, 6) is 0. The molecule has 0 unspecified atom stereocenters. The Labute approximate surface area is 56.8 Å². The second-order valence-corrected chi connectivity index (χ2v) is 3.12. The van der Waals surface area contributed by atoms with Crippen LogP contribution in [0.3, 0.4) is 0 Å². The largest absolute Gasteiger partial charge is 0.261 e. The molecule has 0 bridgehead atoms. The van der Waals surface area contributed by atoms with Crippen LogP contribution in [0.25, 0.3) is 0 Å². The smallest absolute Gasteiger partial charge is 0.187 e. The molecule has 0 amide bonds. The monoisotopic (exact) mass is 150 g/mol. The maximum atomic E-state index is 7.84. The molecule has 0 rings (SSSR count). The lowest BCUT2D eigenvalue weighted by Gasteiger charge is -1.85. The molecule has 0 aliphatic heterocycles. The molecule has 0 saturated carbocycles. The topological polar surface area (TPSA) is 35.8 Å². The summed E-state index contributed by atoms with van der Waals surface area (Å²) in [4.78, 5) is 0. The average molecular weight is 150 g/mol. The van der Waals surface area contributed by atoms with Gasteiger partial charge in [0.1, 0.15) is 3.53 Å². The Morgan fingerprint density at radius 2 is 2.57 bits per heavy atom. The summed E-state index contributed by atoms with van der Waals surface area (Å²) in [5, 5.41) is 7.84. The molecule has 0 aromatic carbocycles. The lowest BCUT2D eigenvalue weighted by molar-refractivity contribution is 1.37. The first-order chi connectivity index (χ1) is 3.27. The van der Waals surface area contributed by atoms with E-state index in [4.69, 9.17) is 5.26 Å². The molecule has 5 heteroatoms. The Morgan fingerprint density at radius 1 is 2.00 bits per heavy atom. The molecule has 38 valence electrons. The van der Waals surface area contributed by atoms with E-state index in [1.807, 2.05) is 0 Å². The van der Waals surface area contributed by atoms with E-state index in [-0.39, 0.29) is 0 Å². The molecule has 2 nitrogen and oxygen atoms in total. The molecule has 7 heavy (non-hydrogen) atoms. The quantitative estimate of drug-likeness (QED) is 0.191. The van der Waals surface area contributed by atoms with E-state index in [9.17, 15) is 0 Å². The molecule has 0 fully saturated rings. The van der Waals surface area contributed by atoms with Crippen molar-refractivity contribution in [2.24, 2.45) is 0 Å². The van der Waals surface area contributed by atoms with Crippen LogP contribution in [0.2, 0.25) is 0 Å². The van der Waals surface area contributed by atoms with Gasteiger partial charge in [-0.05, 0) is 0 Å². The molecule has 1 N–H and O–H groups in total. The third-order valence-electron chi connectivity index (χ3n) is 0.184. The van der Waals surface area contributed by atoms with Crippen LogP contribution < -0.4 is 4.72 Å². The number of thiocarbonyl (C=S) groups is 1. The van der Waals surface area contributed by atoms with Crippen molar-refractivity contribution in [1.29, 1.82) is 5.26 Å². The first-order valence-corrected chi connectivity index (χ1v) is 2.98. The molecule has 0 aliphatic carbocycles. The summed E-state index contributed by atoms with van der Waals surface area (Å²) in [7, 11) is 0.